The molecule has 0 saturated carbocycles. The molecule has 6 N–H and O–H groups in total. The Labute approximate surface area is 60.3 Å². The second kappa shape index (κ2) is 140. The Morgan fingerprint density at radius 1 is 0.667 bits per heavy atom. The van der Waals surface area contributed by atoms with Crippen LogP contribution < -0.4 is 0 Å². The van der Waals surface area contributed by atoms with Crippen LogP contribution in [0.5, 0.6) is 0 Å². The van der Waals surface area contributed by atoms with E-state index >= 15 is 0 Å². The van der Waals surface area contributed by atoms with E-state index in [9.17, 15) is 0 Å². The second-order valence-corrected chi connectivity index (χ2v) is 0. The molecule has 0 aliphatic rings. The molecule has 0 heterocycles. The Bertz CT molecular complexity index is 7.51. The molecule has 0 fully saturated rings. The molecule has 0 rings (SSSR count). The zero-order valence-electron chi connectivity index (χ0n) is 2.68. The molecular formula is H6MnMoO4. The summed E-state index contributed by atoms with van der Waals surface area (Å²) in [7, 11) is 0. The fraction of sp³-hybridized carbons (Fsp3) is 0. The molecule has 6 heteroatoms. The molecular weight excluding hydrogens is 215 g/mol. The van der Waals surface area contributed by atoms with Gasteiger partial charge in [0.2, 0.25) is 0 Å². The van der Waals surface area contributed by atoms with Gasteiger partial charge in [0.15, 0.2) is 0 Å². The maximum absolute atomic E-state index is 0. The van der Waals surface area contributed by atoms with Crippen molar-refractivity contribution in [3.8, 4) is 0 Å². The van der Waals surface area contributed by atoms with Gasteiger partial charge in [-0.15, -0.1) is 0 Å². The zero-order chi connectivity index (χ0) is 0. The molecule has 0 aromatic rings. The Morgan fingerprint density at radius 3 is 0.667 bits per heavy atom. The molecule has 0 aliphatic heterocycles. The smallest absolute Gasteiger partial charge is 0.870 e. The zero-order valence-corrected chi connectivity index (χ0v) is 5.87. The van der Waals surface area contributed by atoms with E-state index in [0.29, 0.717) is 0 Å². The predicted octanol–water partition coefficient (Wildman–Crippen LogP) is -2.01. The maximum atomic E-state index is 0. The van der Waals surface area contributed by atoms with E-state index in [1.54, 1.807) is 0 Å². The second-order valence-electron chi connectivity index (χ2n) is 0. The molecule has 0 bridgehead atoms. The van der Waals surface area contributed by atoms with E-state index in [4.69, 9.17) is 0 Å². The van der Waals surface area contributed by atoms with Gasteiger partial charge in [0.05, 0.1) is 0 Å². The maximum Gasteiger partial charge on any atom is 2.00 e. The summed E-state index contributed by atoms with van der Waals surface area (Å²) in [5.41, 5.74) is 0. The first-order valence-corrected chi connectivity index (χ1v) is 0. The number of hydrogen-bond donors (Lipinski definition) is 0. The monoisotopic (exact) mass is 223 g/mol. The van der Waals surface area contributed by atoms with Crippen LogP contribution in [0.4, 0.5) is 0 Å². The van der Waals surface area contributed by atoms with Crippen molar-refractivity contribution in [1.82, 2.24) is 0 Å². The van der Waals surface area contributed by atoms with Gasteiger partial charge in [0, 0.05) is 21.1 Å². The summed E-state index contributed by atoms with van der Waals surface area (Å²) < 4.78 is 0. The average Bonchev–Trinajstić information content (AvgIpc) is 0. The third-order valence-electron chi connectivity index (χ3n) is 0. The normalized spacial score (nSPS) is 0. The quantitative estimate of drug-likeness (QED) is 0.438. The van der Waals surface area contributed by atoms with Crippen LogP contribution in [0.1, 0.15) is 0 Å². The molecule has 0 saturated heterocycles. The van der Waals surface area contributed by atoms with Crippen molar-refractivity contribution in [1.29, 1.82) is 0 Å². The van der Waals surface area contributed by atoms with Gasteiger partial charge in [0.25, 0.3) is 0 Å². The van der Waals surface area contributed by atoms with Crippen LogP contribution in [-0.2, 0) is 38.1 Å². The molecule has 0 aromatic heterocycles. The third-order valence-corrected chi connectivity index (χ3v) is 0. The van der Waals surface area contributed by atoms with Gasteiger partial charge < -0.3 is 21.9 Å². The van der Waals surface area contributed by atoms with Gasteiger partial charge in [-0.1, -0.05) is 0 Å². The molecule has 43 valence electrons. The minimum atomic E-state index is 0. The SMILES string of the molecule is O.O.[Mn+2].[Mo].[OH-].[OH-]. The molecule has 1 radical (unpaired) electrons. The molecule has 0 amide bonds. The van der Waals surface area contributed by atoms with Gasteiger partial charge in [-0.25, -0.2) is 0 Å². The summed E-state index contributed by atoms with van der Waals surface area (Å²) in [6.45, 7) is 0. The van der Waals surface area contributed by atoms with E-state index < -0.39 is 0 Å². The van der Waals surface area contributed by atoms with Gasteiger partial charge in [-0.3, -0.25) is 0 Å². The van der Waals surface area contributed by atoms with Crippen molar-refractivity contribution < 1.29 is 60.0 Å². The molecule has 0 spiro atoms. The van der Waals surface area contributed by atoms with Crippen LogP contribution in [0.2, 0.25) is 0 Å². The summed E-state index contributed by atoms with van der Waals surface area (Å²) in [6, 6.07) is 0. The fourth-order valence-electron chi connectivity index (χ4n) is 0. The van der Waals surface area contributed by atoms with Crippen LogP contribution in [0.3, 0.4) is 0 Å². The van der Waals surface area contributed by atoms with Crippen molar-refractivity contribution >= 4 is 0 Å². The molecule has 0 unspecified atom stereocenters. The Balaban J connectivity index is 0. The Kier molecular flexibility index (Phi) is 5490. The summed E-state index contributed by atoms with van der Waals surface area (Å²) in [6.07, 6.45) is 0. The number of rotatable bonds is 0. The van der Waals surface area contributed by atoms with E-state index in [2.05, 4.69) is 0 Å². The molecule has 0 aromatic carbocycles. The molecule has 0 aliphatic carbocycles. The van der Waals surface area contributed by atoms with Gasteiger partial charge >= 0.3 is 17.1 Å². The largest absolute Gasteiger partial charge is 2.00 e. The summed E-state index contributed by atoms with van der Waals surface area (Å²) in [5.74, 6) is 0. The van der Waals surface area contributed by atoms with Crippen LogP contribution >= 0.6 is 0 Å². The van der Waals surface area contributed by atoms with Gasteiger partial charge in [-0.05, 0) is 0 Å². The molecule has 0 atom stereocenters. The van der Waals surface area contributed by atoms with E-state index in [-0.39, 0.29) is 60.0 Å². The fourth-order valence-corrected chi connectivity index (χ4v) is 0. The van der Waals surface area contributed by atoms with Crippen molar-refractivity contribution in [2.24, 2.45) is 0 Å². The third kappa shape index (κ3) is 75.3. The summed E-state index contributed by atoms with van der Waals surface area (Å²) in [5, 5.41) is 0. The van der Waals surface area contributed by atoms with Crippen molar-refractivity contribution in [2.75, 3.05) is 0 Å². The van der Waals surface area contributed by atoms with Gasteiger partial charge in [0.1, 0.15) is 0 Å². The van der Waals surface area contributed by atoms with Crippen molar-refractivity contribution in [2.45, 2.75) is 0 Å². The Morgan fingerprint density at radius 2 is 0.667 bits per heavy atom. The van der Waals surface area contributed by atoms with Crippen LogP contribution in [-0.4, -0.2) is 21.9 Å². The predicted molar refractivity (Wildman–Crippen MR) is 11.1 cm³/mol. The summed E-state index contributed by atoms with van der Waals surface area (Å²) >= 11 is 0. The minimum Gasteiger partial charge on any atom is -0.870 e. The van der Waals surface area contributed by atoms with Crippen LogP contribution in [0.25, 0.3) is 0 Å². The van der Waals surface area contributed by atoms with Gasteiger partial charge in [-0.2, -0.15) is 0 Å². The first-order valence-electron chi connectivity index (χ1n) is 0. The van der Waals surface area contributed by atoms with E-state index in [1.165, 1.54) is 0 Å². The summed E-state index contributed by atoms with van der Waals surface area (Å²) in [4.78, 5) is 0. The van der Waals surface area contributed by atoms with Crippen LogP contribution in [0, 0.1) is 0 Å². The van der Waals surface area contributed by atoms with Crippen molar-refractivity contribution in [3.05, 3.63) is 0 Å². The van der Waals surface area contributed by atoms with E-state index in [1.807, 2.05) is 0 Å². The standard InChI is InChI=1S/Mn.Mo.4H2O/h;;4*1H2/q+2;;;;;/p-2. The van der Waals surface area contributed by atoms with Crippen molar-refractivity contribution in [3.63, 3.8) is 0 Å². The first kappa shape index (κ1) is 235. The average molecular weight is 221 g/mol. The molecule has 4 nitrogen and oxygen atoms in total. The minimum absolute atomic E-state index is 0. The molecule has 6 heavy (non-hydrogen) atoms. The van der Waals surface area contributed by atoms with Crippen LogP contribution in [0.15, 0.2) is 0 Å². The number of hydrogen-bond acceptors (Lipinski definition) is 2. The first-order chi connectivity index (χ1) is 0. The Hall–Kier alpha value is 1.05. The van der Waals surface area contributed by atoms with E-state index in [0.717, 1.165) is 0 Å². The topological polar surface area (TPSA) is 123 Å².